The number of nitrogen functional groups attached to an aromatic ring is 1. The molecular formula is C30H28F3N5O3. The van der Waals surface area contributed by atoms with E-state index in [0.29, 0.717) is 41.2 Å². The van der Waals surface area contributed by atoms with E-state index >= 15 is 0 Å². The number of piperazine rings is 1. The van der Waals surface area contributed by atoms with Gasteiger partial charge in [0.1, 0.15) is 17.2 Å². The lowest BCUT2D eigenvalue weighted by atomic mass is 9.99. The van der Waals surface area contributed by atoms with Crippen molar-refractivity contribution < 1.29 is 27.2 Å². The van der Waals surface area contributed by atoms with Crippen LogP contribution < -0.4 is 11.1 Å². The van der Waals surface area contributed by atoms with Crippen LogP contribution in [0.15, 0.2) is 71.3 Å². The fourth-order valence-electron chi connectivity index (χ4n) is 4.59. The Hall–Kier alpha value is -4.64. The van der Waals surface area contributed by atoms with Crippen LogP contribution in [0, 0.1) is 0 Å². The number of likely N-dealkylation sites (N-methyl/N-ethyl adjacent to an activating group) is 1. The van der Waals surface area contributed by atoms with Gasteiger partial charge >= 0.3 is 6.18 Å². The molecule has 0 saturated carbocycles. The lowest BCUT2D eigenvalue weighted by molar-refractivity contribution is -0.136. The second-order valence-corrected chi connectivity index (χ2v) is 9.89. The quantitative estimate of drug-likeness (QED) is 0.326. The number of nitrogens with one attached hydrogen (secondary N) is 1. The number of anilines is 1. The lowest BCUT2D eigenvalue weighted by Gasteiger charge is -2.32. The van der Waals surface area contributed by atoms with Gasteiger partial charge in [0.15, 0.2) is 0 Å². The summed E-state index contributed by atoms with van der Waals surface area (Å²) in [5.41, 5.74) is 6.33. The van der Waals surface area contributed by atoms with E-state index in [2.05, 4.69) is 15.2 Å². The van der Waals surface area contributed by atoms with Crippen molar-refractivity contribution in [1.82, 2.24) is 20.1 Å². The molecule has 1 aliphatic rings. The fraction of sp³-hybridized carbons (Fsp3) is 0.233. The number of furan rings is 1. The summed E-state index contributed by atoms with van der Waals surface area (Å²) in [6.45, 7) is 2.73. The number of pyridine rings is 1. The van der Waals surface area contributed by atoms with Crippen LogP contribution in [0.5, 0.6) is 0 Å². The van der Waals surface area contributed by atoms with Crippen LogP contribution in [0.3, 0.4) is 0 Å². The van der Waals surface area contributed by atoms with Crippen molar-refractivity contribution in [3.63, 3.8) is 0 Å². The molecule has 2 aromatic carbocycles. The summed E-state index contributed by atoms with van der Waals surface area (Å²) in [5, 5.41) is 2.86. The maximum Gasteiger partial charge on any atom is 0.420 e. The molecule has 8 nitrogen and oxygen atoms in total. The molecule has 0 spiro atoms. The SMILES string of the molecule is CN1CCN(C(=O)c2ccc(-c3cc(C(F)(F)F)c4oc(CNC(=O)C=Cc5ccc(N)nc5)cc4c3)cc2)CC1. The van der Waals surface area contributed by atoms with Crippen molar-refractivity contribution >= 4 is 34.7 Å². The lowest BCUT2D eigenvalue weighted by Crippen LogP contribution is -2.47. The number of amides is 2. The largest absolute Gasteiger partial charge is 0.459 e. The highest BCUT2D eigenvalue weighted by atomic mass is 19.4. The van der Waals surface area contributed by atoms with E-state index in [1.165, 1.54) is 18.3 Å². The zero-order valence-corrected chi connectivity index (χ0v) is 22.2. The number of benzene rings is 2. The van der Waals surface area contributed by atoms with Crippen LogP contribution in [-0.2, 0) is 17.5 Å². The first-order valence-corrected chi connectivity index (χ1v) is 13.0. The third kappa shape index (κ3) is 6.58. The molecule has 1 aliphatic heterocycles. The normalized spacial score (nSPS) is 14.6. The minimum Gasteiger partial charge on any atom is -0.459 e. The first-order valence-electron chi connectivity index (χ1n) is 13.0. The molecule has 41 heavy (non-hydrogen) atoms. The van der Waals surface area contributed by atoms with Gasteiger partial charge in [0.25, 0.3) is 5.91 Å². The maximum atomic E-state index is 14.0. The van der Waals surface area contributed by atoms with Gasteiger partial charge in [0.2, 0.25) is 5.91 Å². The van der Waals surface area contributed by atoms with Crippen LogP contribution in [0.1, 0.15) is 27.2 Å². The number of hydrogen-bond acceptors (Lipinski definition) is 6. The number of carbonyl (C=O) groups excluding carboxylic acids is 2. The average Bonchev–Trinajstić information content (AvgIpc) is 3.38. The number of nitrogens with zero attached hydrogens (tertiary/aromatic N) is 3. The molecule has 3 N–H and O–H groups in total. The summed E-state index contributed by atoms with van der Waals surface area (Å²) < 4.78 is 47.6. The molecule has 2 amide bonds. The van der Waals surface area contributed by atoms with E-state index in [4.69, 9.17) is 10.2 Å². The third-order valence-corrected chi connectivity index (χ3v) is 6.90. The number of aromatic nitrogens is 1. The second-order valence-electron chi connectivity index (χ2n) is 9.89. The van der Waals surface area contributed by atoms with Gasteiger partial charge in [0, 0.05) is 49.4 Å². The number of fused-ring (bicyclic) bond motifs is 1. The van der Waals surface area contributed by atoms with E-state index in [0.717, 1.165) is 19.2 Å². The van der Waals surface area contributed by atoms with Crippen molar-refractivity contribution in [1.29, 1.82) is 0 Å². The van der Waals surface area contributed by atoms with E-state index in [-0.39, 0.29) is 29.2 Å². The van der Waals surface area contributed by atoms with Crippen LogP contribution in [-0.4, -0.2) is 59.8 Å². The summed E-state index contributed by atoms with van der Waals surface area (Å²) in [7, 11) is 2.00. The molecule has 212 valence electrons. The maximum absolute atomic E-state index is 14.0. The molecule has 1 saturated heterocycles. The average molecular weight is 564 g/mol. The summed E-state index contributed by atoms with van der Waals surface area (Å²) >= 11 is 0. The minimum absolute atomic E-state index is 0.0995. The number of alkyl halides is 3. The predicted molar refractivity (Wildman–Crippen MR) is 150 cm³/mol. The Balaban J connectivity index is 1.34. The highest BCUT2D eigenvalue weighted by Crippen LogP contribution is 2.39. The van der Waals surface area contributed by atoms with E-state index in [9.17, 15) is 22.8 Å². The Morgan fingerprint density at radius 3 is 2.41 bits per heavy atom. The first-order chi connectivity index (χ1) is 19.6. The first kappa shape index (κ1) is 27.9. The van der Waals surface area contributed by atoms with E-state index < -0.39 is 17.6 Å². The minimum atomic E-state index is -4.67. The number of nitrogens with two attached hydrogens (primary N) is 1. The van der Waals surface area contributed by atoms with E-state index in [1.54, 1.807) is 53.4 Å². The van der Waals surface area contributed by atoms with Gasteiger partial charge in [-0.3, -0.25) is 9.59 Å². The molecule has 0 aliphatic carbocycles. The molecular weight excluding hydrogens is 535 g/mol. The van der Waals surface area contributed by atoms with Gasteiger partial charge in [-0.25, -0.2) is 4.98 Å². The highest BCUT2D eigenvalue weighted by Gasteiger charge is 2.35. The van der Waals surface area contributed by atoms with Crippen molar-refractivity contribution in [2.75, 3.05) is 39.0 Å². The van der Waals surface area contributed by atoms with E-state index in [1.807, 2.05) is 7.05 Å². The zero-order valence-electron chi connectivity index (χ0n) is 22.2. The second kappa shape index (κ2) is 11.5. The molecule has 11 heteroatoms. The summed E-state index contributed by atoms with van der Waals surface area (Å²) in [4.78, 5) is 33.0. The summed E-state index contributed by atoms with van der Waals surface area (Å²) in [6.07, 6.45) is -0.334. The zero-order chi connectivity index (χ0) is 29.1. The third-order valence-electron chi connectivity index (χ3n) is 6.90. The molecule has 4 aromatic rings. The van der Waals surface area contributed by atoms with Crippen LogP contribution in [0.4, 0.5) is 19.0 Å². The Morgan fingerprint density at radius 1 is 1.02 bits per heavy atom. The monoisotopic (exact) mass is 563 g/mol. The molecule has 0 radical (unpaired) electrons. The topological polar surface area (TPSA) is 105 Å². The van der Waals surface area contributed by atoms with Crippen LogP contribution in [0.2, 0.25) is 0 Å². The Bertz CT molecular complexity index is 1590. The molecule has 3 heterocycles. The molecule has 0 bridgehead atoms. The standard InChI is InChI=1S/C30H28F3N5O3/c1-37-10-12-38(13-11-37)29(40)21-6-4-20(5-7-21)22-14-23-15-24(41-28(23)25(16-22)30(31,32)33)18-36-27(39)9-3-19-2-8-26(34)35-17-19/h2-9,14-17H,10-13,18H2,1H3,(H2,34,35)(H,36,39). The molecule has 0 unspecified atom stereocenters. The number of rotatable bonds is 6. The van der Waals surface area contributed by atoms with Gasteiger partial charge < -0.3 is 25.3 Å². The smallest absolute Gasteiger partial charge is 0.420 e. The number of halogens is 3. The van der Waals surface area contributed by atoms with Gasteiger partial charge in [-0.1, -0.05) is 12.1 Å². The van der Waals surface area contributed by atoms with Gasteiger partial charge in [-0.05, 0) is 72.3 Å². The van der Waals surface area contributed by atoms with Crippen LogP contribution in [0.25, 0.3) is 28.2 Å². The summed E-state index contributed by atoms with van der Waals surface area (Å²) in [6, 6.07) is 14.0. The van der Waals surface area contributed by atoms with Crippen LogP contribution >= 0.6 is 0 Å². The predicted octanol–water partition coefficient (Wildman–Crippen LogP) is 4.81. The molecule has 5 rings (SSSR count). The Kier molecular flexibility index (Phi) is 7.80. The Morgan fingerprint density at radius 2 is 1.76 bits per heavy atom. The van der Waals surface area contributed by atoms with Crippen molar-refractivity contribution in [3.05, 3.63) is 89.3 Å². The van der Waals surface area contributed by atoms with Crippen molar-refractivity contribution in [2.45, 2.75) is 12.7 Å². The van der Waals surface area contributed by atoms with Crippen molar-refractivity contribution in [3.8, 4) is 11.1 Å². The Labute approximate surface area is 234 Å². The number of carbonyl (C=O) groups is 2. The fourth-order valence-corrected chi connectivity index (χ4v) is 4.59. The van der Waals surface area contributed by atoms with Gasteiger partial charge in [0.05, 0.1) is 12.1 Å². The number of hydrogen-bond donors (Lipinski definition) is 2. The molecule has 1 fully saturated rings. The summed E-state index contributed by atoms with van der Waals surface area (Å²) in [5.74, 6) is -0.0271. The van der Waals surface area contributed by atoms with Gasteiger partial charge in [-0.15, -0.1) is 0 Å². The highest BCUT2D eigenvalue weighted by molar-refractivity contribution is 5.95. The molecule has 0 atom stereocenters. The molecule has 2 aromatic heterocycles. The van der Waals surface area contributed by atoms with Gasteiger partial charge in [-0.2, -0.15) is 13.2 Å². The van der Waals surface area contributed by atoms with Crippen molar-refractivity contribution in [2.24, 2.45) is 0 Å².